The van der Waals surface area contributed by atoms with E-state index < -0.39 is 11.4 Å². The molecule has 1 rings (SSSR count). The van der Waals surface area contributed by atoms with E-state index in [9.17, 15) is 4.55 Å². The highest BCUT2D eigenvalue weighted by molar-refractivity contribution is 7.90. The second-order valence-corrected chi connectivity index (χ2v) is 8.11. The van der Waals surface area contributed by atoms with Crippen molar-refractivity contribution in [2.75, 3.05) is 13.7 Å². The molecule has 0 aliphatic rings. The van der Waals surface area contributed by atoms with Gasteiger partial charge in [0.2, 0.25) is 0 Å². The van der Waals surface area contributed by atoms with Gasteiger partial charge < -0.3 is 9.29 Å². The Hall–Kier alpha value is -0.490. The molecule has 2 atom stereocenters. The Labute approximate surface area is 129 Å². The Balaban J connectivity index is 3.02. The maximum atomic E-state index is 12.6. The lowest BCUT2D eigenvalue weighted by molar-refractivity contribution is 0.338. The number of hydrogen-bond donors (Lipinski definition) is 0. The van der Waals surface area contributed by atoms with Crippen molar-refractivity contribution in [1.29, 1.82) is 0 Å². The number of methoxy groups -OCH3 is 1. The molecule has 0 fully saturated rings. The first-order valence-corrected chi connectivity index (χ1v) is 8.08. The van der Waals surface area contributed by atoms with E-state index in [0.717, 1.165) is 5.69 Å². The zero-order valence-electron chi connectivity index (χ0n) is 12.9. The second-order valence-electron chi connectivity index (χ2n) is 5.51. The van der Waals surface area contributed by atoms with Gasteiger partial charge in [0.15, 0.2) is 5.75 Å². The van der Waals surface area contributed by atoms with Gasteiger partial charge in [-0.25, -0.2) is 0 Å². The molecule has 0 spiro atoms. The van der Waals surface area contributed by atoms with Gasteiger partial charge in [0.1, 0.15) is 4.75 Å². The molecule has 0 N–H and O–H groups in total. The molecule has 0 aromatic carbocycles. The number of pyridine rings is 1. The molecule has 6 heteroatoms. The number of hydrogen-bond acceptors (Lipinski definition) is 4. The van der Waals surface area contributed by atoms with Gasteiger partial charge in [0.05, 0.1) is 30.1 Å². The smallest absolute Gasteiger partial charge is 0.155 e. The van der Waals surface area contributed by atoms with Crippen molar-refractivity contribution >= 4 is 23.0 Å². The topological polar surface area (TPSA) is 48.4 Å². The second kappa shape index (κ2) is 6.98. The average molecular weight is 319 g/mol. The predicted octanol–water partition coefficient (Wildman–Crippen LogP) is 3.59. The van der Waals surface area contributed by atoms with Crippen LogP contribution in [0.5, 0.6) is 5.75 Å². The Morgan fingerprint density at radius 3 is 2.50 bits per heavy atom. The first-order chi connectivity index (χ1) is 9.22. The van der Waals surface area contributed by atoms with Crippen LogP contribution in [0.2, 0.25) is 5.02 Å². The summed E-state index contributed by atoms with van der Waals surface area (Å²) >= 11 is 5.03. The Morgan fingerprint density at radius 2 is 2.10 bits per heavy atom. The van der Waals surface area contributed by atoms with Crippen LogP contribution in [0.1, 0.15) is 46.4 Å². The third-order valence-corrected chi connectivity index (χ3v) is 5.31. The Kier molecular flexibility index (Phi) is 6.13. The van der Waals surface area contributed by atoms with Crippen LogP contribution in [0, 0.1) is 0 Å². The molecular weight excluding hydrogens is 296 g/mol. The van der Waals surface area contributed by atoms with Crippen molar-refractivity contribution in [3.63, 3.8) is 0 Å². The van der Waals surface area contributed by atoms with Crippen LogP contribution in [0.15, 0.2) is 12.3 Å². The van der Waals surface area contributed by atoms with Crippen LogP contribution < -0.4 is 4.74 Å². The average Bonchev–Trinajstić information content (AvgIpc) is 2.38. The molecule has 1 unspecified atom stereocenters. The van der Waals surface area contributed by atoms with Crippen molar-refractivity contribution < 1.29 is 9.29 Å². The van der Waals surface area contributed by atoms with Crippen molar-refractivity contribution in [2.24, 2.45) is 0 Å². The summed E-state index contributed by atoms with van der Waals surface area (Å²) in [6.07, 6.45) is 1.60. The molecule has 0 aliphatic heterocycles. The highest BCUT2D eigenvalue weighted by atomic mass is 35.5. The van der Waals surface area contributed by atoms with Crippen molar-refractivity contribution in [2.45, 2.75) is 45.4 Å². The molecular formula is C14H23ClN2O2S. The summed E-state index contributed by atoms with van der Waals surface area (Å²) in [6.45, 7) is 10.5. The van der Waals surface area contributed by atoms with Crippen LogP contribution in [0.4, 0.5) is 0 Å². The molecule has 0 radical (unpaired) electrons. The van der Waals surface area contributed by atoms with E-state index in [1.807, 2.05) is 38.9 Å². The largest absolute Gasteiger partial charge is 0.597 e. The van der Waals surface area contributed by atoms with E-state index in [-0.39, 0.29) is 10.8 Å². The van der Waals surface area contributed by atoms with Gasteiger partial charge in [-0.15, -0.1) is 4.31 Å². The van der Waals surface area contributed by atoms with E-state index in [0.29, 0.717) is 17.3 Å². The molecule has 0 saturated carbocycles. The summed E-state index contributed by atoms with van der Waals surface area (Å²) in [6, 6.07) is 1.69. The number of aromatic nitrogens is 1. The highest BCUT2D eigenvalue weighted by Gasteiger charge is 2.36. The van der Waals surface area contributed by atoms with Gasteiger partial charge in [-0.05, 0) is 40.7 Å². The number of ether oxygens (including phenoxy) is 1. The molecule has 0 bridgehead atoms. The standard InChI is InChI=1S/C14H23ClN2O2S/c1-7-17(20(18)14(3,4)5)10(2)12-8-11(15)13(19-6)9-16-12/h8-10H,7H2,1-6H3/t10?,20-/m1/s1. The van der Waals surface area contributed by atoms with E-state index in [1.54, 1.807) is 19.4 Å². The van der Waals surface area contributed by atoms with Crippen LogP contribution in [-0.2, 0) is 11.4 Å². The SMILES string of the molecule is CCN(C(C)c1cc(Cl)c(OC)cn1)[S@+]([O-])C(C)(C)C. The fourth-order valence-corrected chi connectivity index (χ4v) is 3.42. The van der Waals surface area contributed by atoms with E-state index in [4.69, 9.17) is 16.3 Å². The van der Waals surface area contributed by atoms with Crippen LogP contribution >= 0.6 is 11.6 Å². The minimum atomic E-state index is -1.10. The van der Waals surface area contributed by atoms with Crippen molar-refractivity contribution in [3.8, 4) is 5.75 Å². The minimum absolute atomic E-state index is 0.0801. The van der Waals surface area contributed by atoms with E-state index in [1.165, 1.54) is 0 Å². The van der Waals surface area contributed by atoms with Gasteiger partial charge in [-0.1, -0.05) is 11.6 Å². The Morgan fingerprint density at radius 1 is 1.50 bits per heavy atom. The monoisotopic (exact) mass is 318 g/mol. The molecule has 1 aromatic rings. The van der Waals surface area contributed by atoms with Gasteiger partial charge in [-0.2, -0.15) is 0 Å². The normalized spacial score (nSPS) is 15.2. The lowest BCUT2D eigenvalue weighted by atomic mass is 10.2. The maximum Gasteiger partial charge on any atom is 0.155 e. The van der Waals surface area contributed by atoms with Crippen LogP contribution in [0.25, 0.3) is 0 Å². The molecule has 4 nitrogen and oxygen atoms in total. The predicted molar refractivity (Wildman–Crippen MR) is 84.5 cm³/mol. The van der Waals surface area contributed by atoms with Crippen molar-refractivity contribution in [3.05, 3.63) is 23.0 Å². The summed E-state index contributed by atoms with van der Waals surface area (Å²) in [5.41, 5.74) is 0.787. The summed E-state index contributed by atoms with van der Waals surface area (Å²) in [5, 5.41) is 0.516. The van der Waals surface area contributed by atoms with Crippen LogP contribution in [-0.4, -0.2) is 32.2 Å². The lowest BCUT2D eigenvalue weighted by Gasteiger charge is -2.35. The molecule has 1 heterocycles. The van der Waals surface area contributed by atoms with Crippen molar-refractivity contribution in [1.82, 2.24) is 9.29 Å². The van der Waals surface area contributed by atoms with Gasteiger partial charge >= 0.3 is 0 Å². The zero-order valence-corrected chi connectivity index (χ0v) is 14.5. The Bertz CT molecular complexity index is 451. The summed E-state index contributed by atoms with van der Waals surface area (Å²) in [5.74, 6) is 0.544. The highest BCUT2D eigenvalue weighted by Crippen LogP contribution is 2.31. The fourth-order valence-electron chi connectivity index (χ4n) is 1.85. The fraction of sp³-hybridized carbons (Fsp3) is 0.643. The number of halogens is 1. The first-order valence-electron chi connectivity index (χ1n) is 6.60. The third kappa shape index (κ3) is 4.01. The van der Waals surface area contributed by atoms with Crippen LogP contribution in [0.3, 0.4) is 0 Å². The molecule has 1 aromatic heterocycles. The van der Waals surface area contributed by atoms with Gasteiger partial charge in [-0.3, -0.25) is 4.98 Å². The van der Waals surface area contributed by atoms with E-state index in [2.05, 4.69) is 4.98 Å². The molecule has 20 heavy (non-hydrogen) atoms. The summed E-state index contributed by atoms with van der Waals surface area (Å²) in [7, 11) is 1.55. The van der Waals surface area contributed by atoms with Gasteiger partial charge in [0.25, 0.3) is 0 Å². The number of rotatable bonds is 5. The zero-order chi connectivity index (χ0) is 15.5. The molecule has 0 saturated heterocycles. The third-order valence-electron chi connectivity index (χ3n) is 2.97. The summed E-state index contributed by atoms with van der Waals surface area (Å²) in [4.78, 5) is 4.36. The minimum Gasteiger partial charge on any atom is -0.597 e. The first kappa shape index (κ1) is 17.6. The summed E-state index contributed by atoms with van der Waals surface area (Å²) < 4.78 is 19.3. The quantitative estimate of drug-likeness (QED) is 0.778. The molecule has 114 valence electrons. The number of nitrogens with zero attached hydrogens (tertiary/aromatic N) is 2. The maximum absolute atomic E-state index is 12.6. The molecule has 0 amide bonds. The lowest BCUT2D eigenvalue weighted by Crippen LogP contribution is -2.44. The van der Waals surface area contributed by atoms with E-state index >= 15 is 0 Å². The van der Waals surface area contributed by atoms with Gasteiger partial charge in [0, 0.05) is 17.9 Å². The molecule has 0 aliphatic carbocycles.